The van der Waals surface area contributed by atoms with Crippen molar-refractivity contribution in [3.05, 3.63) is 0 Å². The van der Waals surface area contributed by atoms with Gasteiger partial charge in [-0.2, -0.15) is 0 Å². The number of carbonyl (C=O) groups excluding carboxylic acids is 1. The van der Waals surface area contributed by atoms with Gasteiger partial charge in [-0.15, -0.1) is 0 Å². The molecule has 0 aliphatic carbocycles. The molecule has 0 radical (unpaired) electrons. The Bertz CT molecular complexity index is 167. The molecule has 3 nitrogen and oxygen atoms in total. The first-order valence-corrected chi connectivity index (χ1v) is 5.50. The molecule has 0 aromatic rings. The van der Waals surface area contributed by atoms with E-state index in [9.17, 15) is 4.79 Å². The molecule has 0 heterocycles. The van der Waals surface area contributed by atoms with Crippen LogP contribution in [0.1, 0.15) is 52.9 Å². The summed E-state index contributed by atoms with van der Waals surface area (Å²) in [4.78, 5) is 11.4. The lowest BCUT2D eigenvalue weighted by molar-refractivity contribution is -0.149. The van der Waals surface area contributed by atoms with Crippen molar-refractivity contribution in [3.8, 4) is 0 Å². The van der Waals surface area contributed by atoms with Crippen LogP contribution >= 0.6 is 0 Å². The van der Waals surface area contributed by atoms with Gasteiger partial charge in [0.2, 0.25) is 0 Å². The van der Waals surface area contributed by atoms with E-state index in [-0.39, 0.29) is 5.97 Å². The van der Waals surface area contributed by atoms with Gasteiger partial charge in [-0.3, -0.25) is 4.79 Å². The molecule has 0 aromatic carbocycles. The molecule has 0 unspecified atom stereocenters. The molecule has 0 fully saturated rings. The smallest absolute Gasteiger partial charge is 0.325 e. The van der Waals surface area contributed by atoms with E-state index in [4.69, 9.17) is 10.5 Å². The van der Waals surface area contributed by atoms with Gasteiger partial charge in [0.05, 0.1) is 6.61 Å². The standard InChI is InChI=1S/C11H23NO2/c1-4-6-7-8-9-11(3,12)10(13)14-5-2/h4-9,12H2,1-3H3/t11-/m0/s1. The summed E-state index contributed by atoms with van der Waals surface area (Å²) in [6, 6.07) is 0. The predicted octanol–water partition coefficient (Wildman–Crippen LogP) is 2.24. The van der Waals surface area contributed by atoms with Crippen molar-refractivity contribution >= 4 is 5.97 Å². The number of hydrogen-bond donors (Lipinski definition) is 1. The van der Waals surface area contributed by atoms with Crippen LogP contribution in [0.25, 0.3) is 0 Å². The maximum Gasteiger partial charge on any atom is 0.325 e. The number of ether oxygens (including phenoxy) is 1. The molecule has 0 amide bonds. The first-order valence-electron chi connectivity index (χ1n) is 5.50. The largest absolute Gasteiger partial charge is 0.465 e. The Balaban J connectivity index is 3.76. The lowest BCUT2D eigenvalue weighted by Gasteiger charge is -2.21. The van der Waals surface area contributed by atoms with Gasteiger partial charge in [-0.25, -0.2) is 0 Å². The second-order valence-corrected chi connectivity index (χ2v) is 3.95. The molecule has 0 saturated heterocycles. The molecule has 3 heteroatoms. The summed E-state index contributed by atoms with van der Waals surface area (Å²) in [6.07, 6.45) is 5.26. The molecule has 0 bridgehead atoms. The monoisotopic (exact) mass is 201 g/mol. The normalized spacial score (nSPS) is 14.9. The average Bonchev–Trinajstić information content (AvgIpc) is 2.13. The Kier molecular flexibility index (Phi) is 6.54. The minimum atomic E-state index is -0.802. The second kappa shape index (κ2) is 6.82. The summed E-state index contributed by atoms with van der Waals surface area (Å²) in [5.41, 5.74) is 5.05. The zero-order valence-electron chi connectivity index (χ0n) is 9.64. The van der Waals surface area contributed by atoms with Crippen LogP contribution in [0, 0.1) is 0 Å². The quantitative estimate of drug-likeness (QED) is 0.507. The van der Waals surface area contributed by atoms with Crippen LogP contribution in [-0.4, -0.2) is 18.1 Å². The number of rotatable bonds is 7. The number of nitrogens with two attached hydrogens (primary N) is 1. The fraction of sp³-hybridized carbons (Fsp3) is 0.909. The molecule has 0 aliphatic rings. The number of carbonyl (C=O) groups is 1. The highest BCUT2D eigenvalue weighted by molar-refractivity contribution is 5.79. The summed E-state index contributed by atoms with van der Waals surface area (Å²) >= 11 is 0. The van der Waals surface area contributed by atoms with Gasteiger partial charge in [0.25, 0.3) is 0 Å². The van der Waals surface area contributed by atoms with E-state index in [0.29, 0.717) is 13.0 Å². The number of unbranched alkanes of at least 4 members (excludes halogenated alkanes) is 3. The highest BCUT2D eigenvalue weighted by Gasteiger charge is 2.28. The fourth-order valence-electron chi connectivity index (χ4n) is 1.32. The Morgan fingerprint density at radius 3 is 2.43 bits per heavy atom. The summed E-state index contributed by atoms with van der Waals surface area (Å²) < 4.78 is 4.90. The second-order valence-electron chi connectivity index (χ2n) is 3.95. The van der Waals surface area contributed by atoms with Gasteiger partial charge in [-0.05, 0) is 20.3 Å². The molecule has 0 saturated carbocycles. The predicted molar refractivity (Wildman–Crippen MR) is 58.0 cm³/mol. The third-order valence-electron chi connectivity index (χ3n) is 2.29. The van der Waals surface area contributed by atoms with Crippen molar-refractivity contribution in [2.75, 3.05) is 6.61 Å². The van der Waals surface area contributed by atoms with Crippen molar-refractivity contribution in [2.24, 2.45) is 5.73 Å². The molecule has 84 valence electrons. The van der Waals surface area contributed by atoms with E-state index in [0.717, 1.165) is 12.8 Å². The van der Waals surface area contributed by atoms with E-state index in [1.54, 1.807) is 13.8 Å². The van der Waals surface area contributed by atoms with Crippen LogP contribution in [0.2, 0.25) is 0 Å². The van der Waals surface area contributed by atoms with E-state index in [1.807, 2.05) is 0 Å². The molecule has 0 spiro atoms. The van der Waals surface area contributed by atoms with Crippen LogP contribution in [-0.2, 0) is 9.53 Å². The summed E-state index contributed by atoms with van der Waals surface area (Å²) in [5.74, 6) is -0.281. The van der Waals surface area contributed by atoms with Gasteiger partial charge in [-0.1, -0.05) is 32.6 Å². The SMILES string of the molecule is CCCCCC[C@](C)(N)C(=O)OCC. The Hall–Kier alpha value is -0.570. The maximum absolute atomic E-state index is 11.4. The van der Waals surface area contributed by atoms with Crippen LogP contribution in [0.3, 0.4) is 0 Å². The van der Waals surface area contributed by atoms with Crippen LogP contribution in [0.4, 0.5) is 0 Å². The van der Waals surface area contributed by atoms with Gasteiger partial charge in [0.15, 0.2) is 0 Å². The molecular weight excluding hydrogens is 178 g/mol. The van der Waals surface area contributed by atoms with Crippen LogP contribution in [0.5, 0.6) is 0 Å². The molecular formula is C11H23NO2. The van der Waals surface area contributed by atoms with Crippen molar-refractivity contribution in [1.29, 1.82) is 0 Å². The first-order chi connectivity index (χ1) is 6.54. The molecule has 0 rings (SSSR count). The summed E-state index contributed by atoms with van der Waals surface area (Å²) in [7, 11) is 0. The number of esters is 1. The van der Waals surface area contributed by atoms with Crippen molar-refractivity contribution < 1.29 is 9.53 Å². The minimum absolute atomic E-state index is 0.281. The zero-order valence-corrected chi connectivity index (χ0v) is 9.64. The number of hydrogen-bond acceptors (Lipinski definition) is 3. The van der Waals surface area contributed by atoms with Gasteiger partial charge in [0, 0.05) is 0 Å². The minimum Gasteiger partial charge on any atom is -0.465 e. The van der Waals surface area contributed by atoms with E-state index < -0.39 is 5.54 Å². The topological polar surface area (TPSA) is 52.3 Å². The molecule has 14 heavy (non-hydrogen) atoms. The summed E-state index contributed by atoms with van der Waals surface area (Å²) in [5, 5.41) is 0. The Morgan fingerprint density at radius 1 is 1.29 bits per heavy atom. The fourth-order valence-corrected chi connectivity index (χ4v) is 1.32. The highest BCUT2D eigenvalue weighted by atomic mass is 16.5. The molecule has 0 aromatic heterocycles. The Morgan fingerprint density at radius 2 is 1.93 bits per heavy atom. The lowest BCUT2D eigenvalue weighted by atomic mass is 9.95. The maximum atomic E-state index is 11.4. The van der Waals surface area contributed by atoms with E-state index >= 15 is 0 Å². The average molecular weight is 201 g/mol. The van der Waals surface area contributed by atoms with Crippen LogP contribution < -0.4 is 5.73 Å². The summed E-state index contributed by atoms with van der Waals surface area (Å²) in [6.45, 7) is 6.11. The van der Waals surface area contributed by atoms with Crippen LogP contribution in [0.15, 0.2) is 0 Å². The zero-order chi connectivity index (χ0) is 11.0. The molecule has 0 aliphatic heterocycles. The van der Waals surface area contributed by atoms with Gasteiger partial charge < -0.3 is 10.5 Å². The van der Waals surface area contributed by atoms with E-state index in [2.05, 4.69) is 6.92 Å². The van der Waals surface area contributed by atoms with Gasteiger partial charge in [0.1, 0.15) is 5.54 Å². The Labute approximate surface area is 87.0 Å². The third kappa shape index (κ3) is 5.22. The lowest BCUT2D eigenvalue weighted by Crippen LogP contribution is -2.46. The van der Waals surface area contributed by atoms with Crippen molar-refractivity contribution in [3.63, 3.8) is 0 Å². The van der Waals surface area contributed by atoms with Crippen molar-refractivity contribution in [2.45, 2.75) is 58.4 Å². The first kappa shape index (κ1) is 13.4. The molecule has 1 atom stereocenters. The van der Waals surface area contributed by atoms with E-state index in [1.165, 1.54) is 12.8 Å². The van der Waals surface area contributed by atoms with Gasteiger partial charge >= 0.3 is 5.97 Å². The van der Waals surface area contributed by atoms with Crippen molar-refractivity contribution in [1.82, 2.24) is 0 Å². The third-order valence-corrected chi connectivity index (χ3v) is 2.29. The highest BCUT2D eigenvalue weighted by Crippen LogP contribution is 2.14. The molecule has 2 N–H and O–H groups in total.